The molecule has 1 N–H and O–H groups in total. The van der Waals surface area contributed by atoms with Gasteiger partial charge in [0.05, 0.1) is 18.3 Å². The van der Waals surface area contributed by atoms with Gasteiger partial charge in [0.25, 0.3) is 0 Å². The van der Waals surface area contributed by atoms with Gasteiger partial charge in [-0.15, -0.1) is 0 Å². The summed E-state index contributed by atoms with van der Waals surface area (Å²) in [6.07, 6.45) is -1.32. The van der Waals surface area contributed by atoms with Crippen molar-refractivity contribution in [2.75, 3.05) is 32.9 Å². The molecule has 0 aromatic heterocycles. The number of likely N-dealkylation sites (tertiary alicyclic amines) is 1. The molecule has 9 heteroatoms. The molecule has 1 heterocycles. The molecule has 1 aromatic rings. The molecule has 0 aliphatic carbocycles. The normalized spacial score (nSPS) is 21.5. The highest BCUT2D eigenvalue weighted by atomic mass is 32.2. The summed E-state index contributed by atoms with van der Waals surface area (Å²) in [5.41, 5.74) is -0.0705. The monoisotopic (exact) mass is 362 g/mol. The third-order valence-corrected chi connectivity index (χ3v) is 6.08. The van der Waals surface area contributed by atoms with Crippen LogP contribution in [0.4, 0.5) is 8.78 Å². The van der Waals surface area contributed by atoms with Crippen LogP contribution in [0, 0.1) is 17.6 Å². The molecule has 2 atom stereocenters. The largest absolute Gasteiger partial charge is 0.391 e. The Hall–Kier alpha value is -1.58. The summed E-state index contributed by atoms with van der Waals surface area (Å²) in [7, 11) is -0.719. The quantitative estimate of drug-likeness (QED) is 0.813. The minimum atomic E-state index is -3.51. The molecule has 6 nitrogen and oxygen atoms in total. The van der Waals surface area contributed by atoms with Gasteiger partial charge in [-0.1, -0.05) is 12.1 Å². The predicted molar refractivity (Wildman–Crippen MR) is 83.6 cm³/mol. The highest BCUT2D eigenvalue weighted by Gasteiger charge is 2.37. The molecule has 1 fully saturated rings. The van der Waals surface area contributed by atoms with Crippen LogP contribution in [-0.4, -0.2) is 67.7 Å². The van der Waals surface area contributed by atoms with E-state index in [0.29, 0.717) is 0 Å². The van der Waals surface area contributed by atoms with Gasteiger partial charge in [-0.2, -0.15) is 0 Å². The van der Waals surface area contributed by atoms with Crippen LogP contribution in [0.1, 0.15) is 5.56 Å². The maximum absolute atomic E-state index is 13.6. The summed E-state index contributed by atoms with van der Waals surface area (Å²) in [6, 6.07) is 3.59. The van der Waals surface area contributed by atoms with Gasteiger partial charge in [-0.3, -0.25) is 4.79 Å². The Morgan fingerprint density at radius 3 is 2.62 bits per heavy atom. The number of halogens is 2. The second-order valence-electron chi connectivity index (χ2n) is 6.08. The molecular formula is C15H20F2N2O4S. The topological polar surface area (TPSA) is 77.9 Å². The van der Waals surface area contributed by atoms with Crippen LogP contribution >= 0.6 is 0 Å². The van der Waals surface area contributed by atoms with E-state index in [1.165, 1.54) is 31.1 Å². The van der Waals surface area contributed by atoms with Crippen molar-refractivity contribution >= 4 is 15.9 Å². The third-order valence-electron chi connectivity index (χ3n) is 4.11. The van der Waals surface area contributed by atoms with Crippen LogP contribution in [0.15, 0.2) is 18.2 Å². The van der Waals surface area contributed by atoms with E-state index in [-0.39, 0.29) is 30.8 Å². The molecule has 0 saturated carbocycles. The Kier molecular flexibility index (Phi) is 5.56. The number of carbonyl (C=O) groups excluding carboxylic acids is 1. The second kappa shape index (κ2) is 7.12. The van der Waals surface area contributed by atoms with Crippen molar-refractivity contribution in [3.05, 3.63) is 35.4 Å². The van der Waals surface area contributed by atoms with Crippen LogP contribution in [0.2, 0.25) is 0 Å². The molecule has 1 aromatic carbocycles. The van der Waals surface area contributed by atoms with E-state index in [1.807, 2.05) is 0 Å². The van der Waals surface area contributed by atoms with Crippen molar-refractivity contribution in [3.63, 3.8) is 0 Å². The van der Waals surface area contributed by atoms with Crippen molar-refractivity contribution in [2.24, 2.45) is 5.92 Å². The van der Waals surface area contributed by atoms with E-state index in [1.54, 1.807) is 0 Å². The number of nitrogens with zero attached hydrogens (tertiary/aromatic N) is 2. The first-order valence-electron chi connectivity index (χ1n) is 7.40. The second-order valence-corrected chi connectivity index (χ2v) is 8.30. The zero-order valence-electron chi connectivity index (χ0n) is 13.4. The maximum atomic E-state index is 13.6. The van der Waals surface area contributed by atoms with E-state index in [9.17, 15) is 27.1 Å². The average Bonchev–Trinajstić information content (AvgIpc) is 2.84. The molecule has 1 amide bonds. The van der Waals surface area contributed by atoms with E-state index in [0.717, 1.165) is 10.4 Å². The fourth-order valence-electron chi connectivity index (χ4n) is 2.60. The third kappa shape index (κ3) is 4.08. The minimum absolute atomic E-state index is 0.0244. The summed E-state index contributed by atoms with van der Waals surface area (Å²) in [4.78, 5) is 13.5. The highest BCUT2D eigenvalue weighted by Crippen LogP contribution is 2.21. The lowest BCUT2D eigenvalue weighted by Gasteiger charge is -2.18. The molecule has 2 rings (SSSR count). The number of carbonyl (C=O) groups is 1. The Bertz CT molecular complexity index is 724. The minimum Gasteiger partial charge on any atom is -0.391 e. The number of amides is 1. The summed E-state index contributed by atoms with van der Waals surface area (Å²) >= 11 is 0. The number of aliphatic hydroxyl groups excluding tert-OH is 1. The van der Waals surface area contributed by atoms with Crippen molar-refractivity contribution in [1.29, 1.82) is 0 Å². The van der Waals surface area contributed by atoms with Gasteiger partial charge in [0.1, 0.15) is 0 Å². The molecule has 0 bridgehead atoms. The number of rotatable bonds is 5. The highest BCUT2D eigenvalue weighted by molar-refractivity contribution is 7.89. The van der Waals surface area contributed by atoms with E-state index in [4.69, 9.17) is 0 Å². The summed E-state index contributed by atoms with van der Waals surface area (Å²) < 4.78 is 51.7. The summed E-state index contributed by atoms with van der Waals surface area (Å²) in [6.45, 7) is 0.0351. The van der Waals surface area contributed by atoms with Gasteiger partial charge in [0.2, 0.25) is 15.9 Å². The number of β-amino-alcohol motifs (C(OH)–C–C–N with tert-alkyl or cyclic N) is 1. The van der Waals surface area contributed by atoms with Crippen molar-refractivity contribution in [1.82, 2.24) is 9.21 Å². The van der Waals surface area contributed by atoms with Crippen molar-refractivity contribution in [2.45, 2.75) is 12.5 Å². The van der Waals surface area contributed by atoms with Crippen LogP contribution in [0.25, 0.3) is 0 Å². The Labute approximate surface area is 139 Å². The lowest BCUT2D eigenvalue weighted by molar-refractivity contribution is -0.129. The average molecular weight is 362 g/mol. The zero-order chi connectivity index (χ0) is 18.1. The number of aliphatic hydroxyl groups is 1. The van der Waals surface area contributed by atoms with Gasteiger partial charge in [-0.25, -0.2) is 21.5 Å². The first-order chi connectivity index (χ1) is 11.1. The van der Waals surface area contributed by atoms with Crippen LogP contribution in [0.3, 0.4) is 0 Å². The van der Waals surface area contributed by atoms with Gasteiger partial charge in [0, 0.05) is 38.7 Å². The van der Waals surface area contributed by atoms with Gasteiger partial charge in [0.15, 0.2) is 11.6 Å². The number of sulfonamides is 1. The molecule has 24 heavy (non-hydrogen) atoms. The molecule has 134 valence electrons. The lowest BCUT2D eigenvalue weighted by atomic mass is 10.1. The summed E-state index contributed by atoms with van der Waals surface area (Å²) in [5.74, 6) is -3.48. The molecule has 0 radical (unpaired) electrons. The number of benzene rings is 1. The number of hydrogen-bond donors (Lipinski definition) is 1. The molecule has 0 spiro atoms. The maximum Gasteiger partial charge on any atom is 0.227 e. The Balaban J connectivity index is 2.04. The van der Waals surface area contributed by atoms with Gasteiger partial charge >= 0.3 is 0 Å². The fraction of sp³-hybridized carbons (Fsp3) is 0.533. The zero-order valence-corrected chi connectivity index (χ0v) is 14.3. The van der Waals surface area contributed by atoms with Crippen LogP contribution < -0.4 is 0 Å². The van der Waals surface area contributed by atoms with Crippen LogP contribution in [0.5, 0.6) is 0 Å². The number of hydrogen-bond acceptors (Lipinski definition) is 4. The Morgan fingerprint density at radius 2 is 2.00 bits per heavy atom. The van der Waals surface area contributed by atoms with E-state index < -0.39 is 39.6 Å². The van der Waals surface area contributed by atoms with E-state index in [2.05, 4.69) is 0 Å². The molecule has 1 aliphatic heterocycles. The van der Waals surface area contributed by atoms with Crippen LogP contribution in [-0.2, 0) is 21.2 Å². The SMILES string of the molecule is CN(C)S(=O)(=O)C[C@@H]1CN(C(=O)Cc2cccc(F)c2F)C[C@@H]1O. The molecule has 0 unspecified atom stereocenters. The van der Waals surface area contributed by atoms with Gasteiger partial charge in [-0.05, 0) is 6.07 Å². The standard InChI is InChI=1S/C15H20F2N2O4S/c1-18(2)24(22,23)9-11-7-19(8-13(11)20)14(21)6-10-4-3-5-12(16)15(10)17/h3-5,11,13,20H,6-9H2,1-2H3/t11-,13-/m0/s1. The smallest absolute Gasteiger partial charge is 0.227 e. The van der Waals surface area contributed by atoms with Crippen molar-refractivity contribution < 1.29 is 27.1 Å². The molecular weight excluding hydrogens is 342 g/mol. The fourth-order valence-corrected chi connectivity index (χ4v) is 3.77. The summed E-state index contributed by atoms with van der Waals surface area (Å²) in [5, 5.41) is 10.0. The molecule has 1 aliphatic rings. The van der Waals surface area contributed by atoms with Crippen molar-refractivity contribution in [3.8, 4) is 0 Å². The van der Waals surface area contributed by atoms with Gasteiger partial charge < -0.3 is 10.0 Å². The van der Waals surface area contributed by atoms with E-state index >= 15 is 0 Å². The molecule has 1 saturated heterocycles. The first kappa shape index (κ1) is 18.8. The lowest BCUT2D eigenvalue weighted by Crippen LogP contribution is -2.34. The Morgan fingerprint density at radius 1 is 1.33 bits per heavy atom. The first-order valence-corrected chi connectivity index (χ1v) is 9.01. The predicted octanol–water partition coefficient (Wildman–Crippen LogP) is 0.218.